The van der Waals surface area contributed by atoms with E-state index in [0.29, 0.717) is 0 Å². The lowest BCUT2D eigenvalue weighted by atomic mass is 9.96. The SMILES string of the molecule is Clc1ccc(-c2ccccc2-c2cncnc2)cc1. The van der Waals surface area contributed by atoms with Crippen molar-refractivity contribution in [3.63, 3.8) is 0 Å². The van der Waals surface area contributed by atoms with Crippen LogP contribution in [0.1, 0.15) is 0 Å². The molecule has 1 heterocycles. The lowest BCUT2D eigenvalue weighted by Gasteiger charge is -2.09. The fourth-order valence-corrected chi connectivity index (χ4v) is 2.18. The van der Waals surface area contributed by atoms with Gasteiger partial charge in [0, 0.05) is 23.0 Å². The van der Waals surface area contributed by atoms with Gasteiger partial charge >= 0.3 is 0 Å². The first-order valence-electron chi connectivity index (χ1n) is 5.95. The average molecular weight is 267 g/mol. The Bertz CT molecular complexity index is 679. The molecule has 2 nitrogen and oxygen atoms in total. The molecule has 0 spiro atoms. The van der Waals surface area contributed by atoms with Gasteiger partial charge in [-0.05, 0) is 28.8 Å². The third-order valence-corrected chi connectivity index (χ3v) is 3.21. The zero-order chi connectivity index (χ0) is 13.1. The monoisotopic (exact) mass is 266 g/mol. The molecule has 0 bridgehead atoms. The van der Waals surface area contributed by atoms with Gasteiger partial charge in [-0.15, -0.1) is 0 Å². The molecule has 0 radical (unpaired) electrons. The van der Waals surface area contributed by atoms with Gasteiger partial charge in [0.2, 0.25) is 0 Å². The maximum atomic E-state index is 5.94. The molecule has 3 rings (SSSR count). The Hall–Kier alpha value is -2.19. The van der Waals surface area contributed by atoms with E-state index in [4.69, 9.17) is 11.6 Å². The van der Waals surface area contributed by atoms with Crippen molar-refractivity contribution in [2.75, 3.05) is 0 Å². The predicted octanol–water partition coefficient (Wildman–Crippen LogP) is 4.46. The summed E-state index contributed by atoms with van der Waals surface area (Å²) in [5, 5.41) is 0.740. The van der Waals surface area contributed by atoms with Crippen molar-refractivity contribution in [3.05, 3.63) is 72.3 Å². The summed E-state index contributed by atoms with van der Waals surface area (Å²) in [6, 6.07) is 16.0. The highest BCUT2D eigenvalue weighted by molar-refractivity contribution is 6.30. The topological polar surface area (TPSA) is 25.8 Å². The fourth-order valence-electron chi connectivity index (χ4n) is 2.05. The second-order valence-corrected chi connectivity index (χ2v) is 4.62. The number of halogens is 1. The first-order chi connectivity index (χ1) is 9.34. The highest BCUT2D eigenvalue weighted by Crippen LogP contribution is 2.31. The van der Waals surface area contributed by atoms with Crippen molar-refractivity contribution in [3.8, 4) is 22.3 Å². The Morgan fingerprint density at radius 1 is 0.684 bits per heavy atom. The van der Waals surface area contributed by atoms with E-state index in [9.17, 15) is 0 Å². The van der Waals surface area contributed by atoms with Crippen LogP contribution in [0.3, 0.4) is 0 Å². The quantitative estimate of drug-likeness (QED) is 0.684. The fraction of sp³-hybridized carbons (Fsp3) is 0. The predicted molar refractivity (Wildman–Crippen MR) is 77.9 cm³/mol. The zero-order valence-corrected chi connectivity index (χ0v) is 10.9. The molecule has 0 atom stereocenters. The average Bonchev–Trinajstić information content (AvgIpc) is 2.49. The van der Waals surface area contributed by atoms with Crippen LogP contribution in [0.5, 0.6) is 0 Å². The van der Waals surface area contributed by atoms with Crippen LogP contribution in [0.2, 0.25) is 5.02 Å². The Balaban J connectivity index is 2.15. The lowest BCUT2D eigenvalue weighted by molar-refractivity contribution is 1.17. The molecule has 0 saturated heterocycles. The minimum absolute atomic E-state index is 0.740. The highest BCUT2D eigenvalue weighted by Gasteiger charge is 2.06. The van der Waals surface area contributed by atoms with Crippen molar-refractivity contribution in [1.29, 1.82) is 0 Å². The van der Waals surface area contributed by atoms with Crippen molar-refractivity contribution in [2.45, 2.75) is 0 Å². The van der Waals surface area contributed by atoms with Gasteiger partial charge in [0.15, 0.2) is 0 Å². The van der Waals surface area contributed by atoms with Crippen LogP contribution in [0.15, 0.2) is 67.3 Å². The summed E-state index contributed by atoms with van der Waals surface area (Å²) in [4.78, 5) is 8.16. The van der Waals surface area contributed by atoms with Gasteiger partial charge in [0.25, 0.3) is 0 Å². The number of aromatic nitrogens is 2. The largest absolute Gasteiger partial charge is 0.244 e. The molecule has 0 saturated carbocycles. The van der Waals surface area contributed by atoms with Gasteiger partial charge in [0.05, 0.1) is 0 Å². The van der Waals surface area contributed by atoms with Gasteiger partial charge in [-0.25, -0.2) is 9.97 Å². The summed E-state index contributed by atoms with van der Waals surface area (Å²) >= 11 is 5.94. The Kier molecular flexibility index (Phi) is 3.25. The molecule has 0 N–H and O–H groups in total. The third-order valence-electron chi connectivity index (χ3n) is 2.95. The molecular formula is C16H11ClN2. The third kappa shape index (κ3) is 2.49. The summed E-state index contributed by atoms with van der Waals surface area (Å²) in [6.07, 6.45) is 5.18. The van der Waals surface area contributed by atoms with Crippen LogP contribution in [-0.4, -0.2) is 9.97 Å². The summed E-state index contributed by atoms with van der Waals surface area (Å²) in [6.45, 7) is 0. The molecular weight excluding hydrogens is 256 g/mol. The van der Waals surface area contributed by atoms with E-state index >= 15 is 0 Å². The maximum Gasteiger partial charge on any atom is 0.115 e. The van der Waals surface area contributed by atoms with Crippen molar-refractivity contribution in [1.82, 2.24) is 9.97 Å². The molecule has 0 fully saturated rings. The standard InChI is InChI=1S/C16H11ClN2/c17-14-7-5-12(6-8-14)15-3-1-2-4-16(15)13-9-18-11-19-10-13/h1-11H. The molecule has 3 heteroatoms. The van der Waals surface area contributed by atoms with Crippen LogP contribution in [0.4, 0.5) is 0 Å². The second-order valence-electron chi connectivity index (χ2n) is 4.18. The van der Waals surface area contributed by atoms with E-state index in [1.54, 1.807) is 0 Å². The molecule has 1 aromatic heterocycles. The van der Waals surface area contributed by atoms with Crippen molar-refractivity contribution < 1.29 is 0 Å². The van der Waals surface area contributed by atoms with Gasteiger partial charge in [0.1, 0.15) is 6.33 Å². The number of benzene rings is 2. The number of nitrogens with zero attached hydrogens (tertiary/aromatic N) is 2. The first-order valence-corrected chi connectivity index (χ1v) is 6.33. The van der Waals surface area contributed by atoms with Gasteiger partial charge in [-0.2, -0.15) is 0 Å². The van der Waals surface area contributed by atoms with Crippen molar-refractivity contribution >= 4 is 11.6 Å². The van der Waals surface area contributed by atoms with E-state index in [1.165, 1.54) is 6.33 Å². The van der Waals surface area contributed by atoms with Gasteiger partial charge in [-0.3, -0.25) is 0 Å². The van der Waals surface area contributed by atoms with Crippen molar-refractivity contribution in [2.24, 2.45) is 0 Å². The molecule has 19 heavy (non-hydrogen) atoms. The summed E-state index contributed by atoms with van der Waals surface area (Å²) < 4.78 is 0. The minimum atomic E-state index is 0.740. The van der Waals surface area contributed by atoms with Crippen LogP contribution in [-0.2, 0) is 0 Å². The Morgan fingerprint density at radius 3 is 1.89 bits per heavy atom. The molecule has 0 aliphatic carbocycles. The number of hydrogen-bond acceptors (Lipinski definition) is 2. The summed E-state index contributed by atoms with van der Waals surface area (Å²) in [5.74, 6) is 0. The smallest absolute Gasteiger partial charge is 0.115 e. The highest BCUT2D eigenvalue weighted by atomic mass is 35.5. The van der Waals surface area contributed by atoms with E-state index in [2.05, 4.69) is 22.1 Å². The number of hydrogen-bond donors (Lipinski definition) is 0. The van der Waals surface area contributed by atoms with Crippen LogP contribution < -0.4 is 0 Å². The maximum absolute atomic E-state index is 5.94. The molecule has 0 amide bonds. The van der Waals surface area contributed by atoms with Gasteiger partial charge < -0.3 is 0 Å². The summed E-state index contributed by atoms with van der Waals surface area (Å²) in [7, 11) is 0. The second kappa shape index (κ2) is 5.21. The Labute approximate surface area is 116 Å². The van der Waals surface area contributed by atoms with Gasteiger partial charge in [-0.1, -0.05) is 48.0 Å². The molecule has 0 aliphatic rings. The van der Waals surface area contributed by atoms with E-state index < -0.39 is 0 Å². The zero-order valence-electron chi connectivity index (χ0n) is 10.1. The molecule has 0 unspecified atom stereocenters. The van der Waals surface area contributed by atoms with E-state index in [-0.39, 0.29) is 0 Å². The van der Waals surface area contributed by atoms with Crippen LogP contribution in [0.25, 0.3) is 22.3 Å². The molecule has 0 aliphatic heterocycles. The normalized spacial score (nSPS) is 10.4. The number of rotatable bonds is 2. The van der Waals surface area contributed by atoms with E-state index in [1.807, 2.05) is 48.8 Å². The minimum Gasteiger partial charge on any atom is -0.244 e. The molecule has 92 valence electrons. The van der Waals surface area contributed by atoms with E-state index in [0.717, 1.165) is 27.3 Å². The lowest BCUT2D eigenvalue weighted by Crippen LogP contribution is -1.86. The van der Waals surface area contributed by atoms with Crippen LogP contribution >= 0.6 is 11.6 Å². The molecule has 2 aromatic carbocycles. The summed E-state index contributed by atoms with van der Waals surface area (Å²) in [5.41, 5.74) is 4.40. The Morgan fingerprint density at radius 2 is 1.26 bits per heavy atom. The first kappa shape index (κ1) is 11.9. The van der Waals surface area contributed by atoms with Crippen LogP contribution in [0, 0.1) is 0 Å². The molecule has 3 aromatic rings.